The first-order chi connectivity index (χ1) is 12.0. The Kier molecular flexibility index (Phi) is 5.76. The number of piperazine rings is 1. The molecule has 2 aliphatic heterocycles. The lowest BCUT2D eigenvalue weighted by molar-refractivity contribution is -0.133. The van der Waals surface area contributed by atoms with Gasteiger partial charge in [-0.25, -0.2) is 8.42 Å². The van der Waals surface area contributed by atoms with Crippen LogP contribution in [0.1, 0.15) is 24.8 Å². The fourth-order valence-electron chi connectivity index (χ4n) is 3.49. The van der Waals surface area contributed by atoms with Crippen LogP contribution in [0.15, 0.2) is 29.2 Å². The number of hydrogen-bond acceptors (Lipinski definition) is 4. The van der Waals surface area contributed by atoms with Gasteiger partial charge < -0.3 is 4.90 Å². The highest BCUT2D eigenvalue weighted by molar-refractivity contribution is 7.89. The summed E-state index contributed by atoms with van der Waals surface area (Å²) in [6.07, 6.45) is 3.39. The van der Waals surface area contributed by atoms with Crippen molar-refractivity contribution >= 4 is 15.9 Å². The third-order valence-electron chi connectivity index (χ3n) is 5.03. The Morgan fingerprint density at radius 2 is 1.68 bits per heavy atom. The predicted molar refractivity (Wildman–Crippen MR) is 96.8 cm³/mol. The van der Waals surface area contributed by atoms with E-state index < -0.39 is 10.0 Å². The molecule has 0 radical (unpaired) electrons. The molecular formula is C18H27N3O3S. The number of likely N-dealkylation sites (tertiary alicyclic amines) is 1. The van der Waals surface area contributed by atoms with Crippen molar-refractivity contribution in [3.63, 3.8) is 0 Å². The minimum atomic E-state index is -3.45. The molecule has 2 heterocycles. The number of rotatable bonds is 4. The number of carbonyl (C=O) groups is 1. The van der Waals surface area contributed by atoms with E-state index in [9.17, 15) is 13.2 Å². The molecule has 1 aromatic rings. The third-order valence-corrected chi connectivity index (χ3v) is 6.92. The second kappa shape index (κ2) is 7.85. The Labute approximate surface area is 150 Å². The summed E-state index contributed by atoms with van der Waals surface area (Å²) in [5, 5.41) is 0. The standard InChI is InChI=1S/C18H27N3O3S/c1-16-6-5-7-17(14-16)25(23,24)21-12-10-19(11-13-21)15-18(22)20-8-3-2-4-9-20/h5-7,14H,2-4,8-13,15H2,1H3. The largest absolute Gasteiger partial charge is 0.342 e. The molecule has 1 aromatic carbocycles. The molecule has 0 N–H and O–H groups in total. The Hall–Kier alpha value is -1.44. The molecule has 138 valence electrons. The quantitative estimate of drug-likeness (QED) is 0.807. The zero-order valence-corrected chi connectivity index (χ0v) is 15.7. The van der Waals surface area contributed by atoms with E-state index in [-0.39, 0.29) is 5.91 Å². The molecule has 0 atom stereocenters. The topological polar surface area (TPSA) is 60.9 Å². The van der Waals surface area contributed by atoms with Crippen LogP contribution in [0.5, 0.6) is 0 Å². The minimum Gasteiger partial charge on any atom is -0.342 e. The lowest BCUT2D eigenvalue weighted by Gasteiger charge is -2.35. The first kappa shape index (κ1) is 18.4. The van der Waals surface area contributed by atoms with Crippen molar-refractivity contribution in [2.24, 2.45) is 0 Å². The molecule has 0 spiro atoms. The monoisotopic (exact) mass is 365 g/mol. The first-order valence-corrected chi connectivity index (χ1v) is 10.5. The zero-order valence-electron chi connectivity index (χ0n) is 14.9. The number of benzene rings is 1. The van der Waals surface area contributed by atoms with E-state index in [2.05, 4.69) is 4.90 Å². The maximum atomic E-state index is 12.7. The van der Waals surface area contributed by atoms with Crippen molar-refractivity contribution in [1.82, 2.24) is 14.1 Å². The Morgan fingerprint density at radius 1 is 1.00 bits per heavy atom. The fraction of sp³-hybridized carbons (Fsp3) is 0.611. The van der Waals surface area contributed by atoms with Gasteiger partial charge in [0.05, 0.1) is 11.4 Å². The van der Waals surface area contributed by atoms with Crippen molar-refractivity contribution in [2.45, 2.75) is 31.1 Å². The van der Waals surface area contributed by atoms with Crippen LogP contribution < -0.4 is 0 Å². The van der Waals surface area contributed by atoms with E-state index in [4.69, 9.17) is 0 Å². The molecule has 0 bridgehead atoms. The Bertz CT molecular complexity index is 706. The predicted octanol–water partition coefficient (Wildman–Crippen LogP) is 1.31. The molecule has 2 saturated heterocycles. The molecule has 0 aromatic heterocycles. The summed E-state index contributed by atoms with van der Waals surface area (Å²) in [6.45, 7) is 6.09. The molecule has 7 heteroatoms. The molecule has 6 nitrogen and oxygen atoms in total. The summed E-state index contributed by atoms with van der Waals surface area (Å²) >= 11 is 0. The lowest BCUT2D eigenvalue weighted by Crippen LogP contribution is -2.51. The van der Waals surface area contributed by atoms with Gasteiger partial charge in [0, 0.05) is 39.3 Å². The summed E-state index contributed by atoms with van der Waals surface area (Å²) in [6, 6.07) is 7.02. The molecule has 3 rings (SSSR count). The number of hydrogen-bond donors (Lipinski definition) is 0. The summed E-state index contributed by atoms with van der Waals surface area (Å²) in [5.74, 6) is 0.176. The number of piperidine rings is 1. The van der Waals surface area contributed by atoms with Crippen molar-refractivity contribution in [3.05, 3.63) is 29.8 Å². The van der Waals surface area contributed by atoms with Crippen molar-refractivity contribution in [2.75, 3.05) is 45.8 Å². The van der Waals surface area contributed by atoms with Crippen LogP contribution >= 0.6 is 0 Å². The molecular weight excluding hydrogens is 338 g/mol. The molecule has 0 unspecified atom stereocenters. The number of amides is 1. The van der Waals surface area contributed by atoms with Crippen molar-refractivity contribution in [3.8, 4) is 0 Å². The van der Waals surface area contributed by atoms with E-state index in [1.165, 1.54) is 10.7 Å². The van der Waals surface area contributed by atoms with E-state index in [1.54, 1.807) is 18.2 Å². The first-order valence-electron chi connectivity index (χ1n) is 9.04. The smallest absolute Gasteiger partial charge is 0.243 e. The number of sulfonamides is 1. The highest BCUT2D eigenvalue weighted by Gasteiger charge is 2.29. The van der Waals surface area contributed by atoms with E-state index in [0.717, 1.165) is 31.5 Å². The van der Waals surface area contributed by atoms with Gasteiger partial charge >= 0.3 is 0 Å². The van der Waals surface area contributed by atoms with Crippen LogP contribution in [0.25, 0.3) is 0 Å². The van der Waals surface area contributed by atoms with Gasteiger partial charge in [0.15, 0.2) is 0 Å². The number of aryl methyl sites for hydroxylation is 1. The van der Waals surface area contributed by atoms with Gasteiger partial charge in [-0.15, -0.1) is 0 Å². The van der Waals surface area contributed by atoms with Gasteiger partial charge in [-0.1, -0.05) is 12.1 Å². The van der Waals surface area contributed by atoms with Gasteiger partial charge in [0.25, 0.3) is 0 Å². The maximum Gasteiger partial charge on any atom is 0.243 e. The van der Waals surface area contributed by atoms with Gasteiger partial charge in [-0.3, -0.25) is 9.69 Å². The normalized spacial score (nSPS) is 20.6. The molecule has 2 aliphatic rings. The van der Waals surface area contributed by atoms with Crippen LogP contribution in [-0.2, 0) is 14.8 Å². The third kappa shape index (κ3) is 4.40. The maximum absolute atomic E-state index is 12.7. The molecule has 1 amide bonds. The fourth-order valence-corrected chi connectivity index (χ4v) is 5.01. The summed E-state index contributed by atoms with van der Waals surface area (Å²) < 4.78 is 27.0. The van der Waals surface area contributed by atoms with Crippen LogP contribution in [0.3, 0.4) is 0 Å². The second-order valence-electron chi connectivity index (χ2n) is 6.94. The van der Waals surface area contributed by atoms with Gasteiger partial charge in [-0.05, 0) is 43.9 Å². The molecule has 25 heavy (non-hydrogen) atoms. The Balaban J connectivity index is 1.55. The van der Waals surface area contributed by atoms with E-state index in [0.29, 0.717) is 37.6 Å². The molecule has 0 aliphatic carbocycles. The van der Waals surface area contributed by atoms with Crippen LogP contribution in [0.2, 0.25) is 0 Å². The molecule has 0 saturated carbocycles. The second-order valence-corrected chi connectivity index (χ2v) is 8.88. The van der Waals surface area contributed by atoms with Crippen molar-refractivity contribution in [1.29, 1.82) is 0 Å². The number of carbonyl (C=O) groups excluding carboxylic acids is 1. The SMILES string of the molecule is Cc1cccc(S(=O)(=O)N2CCN(CC(=O)N3CCCCC3)CC2)c1. The highest BCUT2D eigenvalue weighted by atomic mass is 32.2. The average molecular weight is 365 g/mol. The van der Waals surface area contributed by atoms with E-state index >= 15 is 0 Å². The summed E-state index contributed by atoms with van der Waals surface area (Å²) in [7, 11) is -3.45. The van der Waals surface area contributed by atoms with Gasteiger partial charge in [0.2, 0.25) is 15.9 Å². The zero-order chi connectivity index (χ0) is 17.9. The van der Waals surface area contributed by atoms with E-state index in [1.807, 2.05) is 17.9 Å². The Morgan fingerprint density at radius 3 is 2.32 bits per heavy atom. The van der Waals surface area contributed by atoms with Gasteiger partial charge in [0.1, 0.15) is 0 Å². The summed E-state index contributed by atoms with van der Waals surface area (Å²) in [5.41, 5.74) is 0.937. The van der Waals surface area contributed by atoms with Crippen molar-refractivity contribution < 1.29 is 13.2 Å². The van der Waals surface area contributed by atoms with Gasteiger partial charge in [-0.2, -0.15) is 4.31 Å². The number of nitrogens with zero attached hydrogens (tertiary/aromatic N) is 3. The van der Waals surface area contributed by atoms with Crippen LogP contribution in [0, 0.1) is 6.92 Å². The molecule has 2 fully saturated rings. The average Bonchev–Trinajstić information content (AvgIpc) is 2.63. The van der Waals surface area contributed by atoms with Crippen LogP contribution in [0.4, 0.5) is 0 Å². The minimum absolute atomic E-state index is 0.176. The van der Waals surface area contributed by atoms with Crippen LogP contribution in [-0.4, -0.2) is 74.2 Å². The summed E-state index contributed by atoms with van der Waals surface area (Å²) in [4.78, 5) is 16.7. The highest BCUT2D eigenvalue weighted by Crippen LogP contribution is 2.19. The lowest BCUT2D eigenvalue weighted by atomic mass is 10.1.